The Morgan fingerprint density at radius 2 is 1.70 bits per heavy atom. The lowest BCUT2D eigenvalue weighted by molar-refractivity contribution is 0.102. The third-order valence-electron chi connectivity index (χ3n) is 4.66. The van der Waals surface area contributed by atoms with E-state index < -0.39 is 10.0 Å². The van der Waals surface area contributed by atoms with Crippen molar-refractivity contribution >= 4 is 77.2 Å². The number of sulfonamides is 1. The molecule has 0 unspecified atom stereocenters. The Balaban J connectivity index is 1.47. The molecule has 0 aliphatic rings. The smallest absolute Gasteiger partial charge is 0.257 e. The molecule has 0 spiro atoms. The van der Waals surface area contributed by atoms with Crippen LogP contribution < -0.4 is 5.32 Å². The fourth-order valence-electron chi connectivity index (χ4n) is 3.05. The van der Waals surface area contributed by atoms with Crippen molar-refractivity contribution in [1.82, 2.24) is 14.3 Å². The first-order valence-electron chi connectivity index (χ1n) is 9.77. The average molecular weight is 542 g/mol. The number of halogens is 2. The number of anilines is 1. The van der Waals surface area contributed by atoms with Crippen LogP contribution in [-0.4, -0.2) is 53.4 Å². The van der Waals surface area contributed by atoms with Gasteiger partial charge in [0.25, 0.3) is 5.91 Å². The number of para-hydroxylation sites is 1. The van der Waals surface area contributed by atoms with Crippen LogP contribution in [0.2, 0.25) is 0 Å². The zero-order valence-electron chi connectivity index (χ0n) is 17.1. The first-order chi connectivity index (χ1) is 15.9. The van der Waals surface area contributed by atoms with E-state index in [1.165, 1.54) is 51.2 Å². The van der Waals surface area contributed by atoms with Gasteiger partial charge < -0.3 is 0 Å². The molecule has 1 N–H and O–H groups in total. The first kappa shape index (κ1) is 24.1. The molecule has 0 radical (unpaired) electrons. The average Bonchev–Trinajstić information content (AvgIpc) is 3.46. The van der Waals surface area contributed by atoms with Crippen molar-refractivity contribution in [3.05, 3.63) is 59.5 Å². The van der Waals surface area contributed by atoms with Crippen LogP contribution >= 0.6 is 45.9 Å². The highest BCUT2D eigenvalue weighted by Gasteiger charge is 2.24. The molecule has 2 aromatic heterocycles. The Bertz CT molecular complexity index is 1330. The Hall–Kier alpha value is -2.08. The van der Waals surface area contributed by atoms with Crippen LogP contribution in [0.25, 0.3) is 20.9 Å². The Labute approximate surface area is 209 Å². The zero-order valence-corrected chi connectivity index (χ0v) is 21.0. The Kier molecular flexibility index (Phi) is 7.62. The lowest BCUT2D eigenvalue weighted by Crippen LogP contribution is -2.34. The summed E-state index contributed by atoms with van der Waals surface area (Å²) < 4.78 is 27.9. The number of amides is 1. The van der Waals surface area contributed by atoms with Gasteiger partial charge in [-0.05, 0) is 36.4 Å². The van der Waals surface area contributed by atoms with Gasteiger partial charge in [0.2, 0.25) is 10.0 Å². The van der Waals surface area contributed by atoms with Gasteiger partial charge in [0.05, 0.1) is 15.1 Å². The Morgan fingerprint density at radius 3 is 2.36 bits per heavy atom. The molecule has 4 rings (SSSR count). The van der Waals surface area contributed by atoms with E-state index in [9.17, 15) is 13.2 Å². The summed E-state index contributed by atoms with van der Waals surface area (Å²) in [5.41, 5.74) is 1.91. The van der Waals surface area contributed by atoms with Gasteiger partial charge in [-0.1, -0.05) is 12.1 Å². The third kappa shape index (κ3) is 5.37. The van der Waals surface area contributed by atoms with Gasteiger partial charge in [0.15, 0.2) is 5.13 Å². The van der Waals surface area contributed by atoms with Crippen LogP contribution in [-0.2, 0) is 10.0 Å². The highest BCUT2D eigenvalue weighted by molar-refractivity contribution is 7.89. The van der Waals surface area contributed by atoms with Crippen molar-refractivity contribution < 1.29 is 13.2 Å². The van der Waals surface area contributed by atoms with Crippen molar-refractivity contribution in [2.45, 2.75) is 4.90 Å². The summed E-state index contributed by atoms with van der Waals surface area (Å²) >= 11 is 14.3. The van der Waals surface area contributed by atoms with Crippen LogP contribution in [0.4, 0.5) is 5.13 Å². The predicted octanol–water partition coefficient (Wildman–Crippen LogP) is 5.14. The quantitative estimate of drug-likeness (QED) is 0.296. The van der Waals surface area contributed by atoms with E-state index in [4.69, 9.17) is 23.2 Å². The second-order valence-electron chi connectivity index (χ2n) is 6.79. The van der Waals surface area contributed by atoms with Crippen molar-refractivity contribution in [2.75, 3.05) is 30.2 Å². The molecule has 172 valence electrons. The number of alkyl halides is 2. The SMILES string of the molecule is O=C(Nc1nc(-c2nc3ccccc3s2)cs1)c1ccc(S(=O)(=O)N(CCCl)CCCl)cc1. The number of fused-ring (bicyclic) bond motifs is 1. The van der Waals surface area contributed by atoms with Gasteiger partial charge in [-0.3, -0.25) is 10.1 Å². The first-order valence-corrected chi connectivity index (χ1v) is 14.0. The molecule has 0 saturated heterocycles. The Morgan fingerprint density at radius 1 is 1.00 bits per heavy atom. The zero-order chi connectivity index (χ0) is 23.4. The molecular weight excluding hydrogens is 523 g/mol. The maximum atomic E-state index is 12.8. The van der Waals surface area contributed by atoms with Crippen LogP contribution in [0.1, 0.15) is 10.4 Å². The normalized spacial score (nSPS) is 11.8. The third-order valence-corrected chi connectivity index (χ3v) is 8.73. The van der Waals surface area contributed by atoms with Crippen LogP contribution in [0.15, 0.2) is 58.8 Å². The lowest BCUT2D eigenvalue weighted by Gasteiger charge is -2.20. The predicted molar refractivity (Wildman–Crippen MR) is 135 cm³/mol. The highest BCUT2D eigenvalue weighted by atomic mass is 35.5. The topological polar surface area (TPSA) is 92.3 Å². The minimum absolute atomic E-state index is 0.0710. The molecule has 2 aromatic carbocycles. The summed E-state index contributed by atoms with van der Waals surface area (Å²) in [4.78, 5) is 21.8. The van der Waals surface area contributed by atoms with Gasteiger partial charge in [-0.15, -0.1) is 45.9 Å². The van der Waals surface area contributed by atoms with E-state index in [-0.39, 0.29) is 35.7 Å². The summed E-state index contributed by atoms with van der Waals surface area (Å²) in [7, 11) is -3.75. The van der Waals surface area contributed by atoms with Gasteiger partial charge in [0.1, 0.15) is 10.7 Å². The lowest BCUT2D eigenvalue weighted by atomic mass is 10.2. The molecule has 12 heteroatoms. The summed E-state index contributed by atoms with van der Waals surface area (Å²) in [5, 5.41) is 5.80. The number of aromatic nitrogens is 2. The van der Waals surface area contributed by atoms with Crippen molar-refractivity contribution in [3.8, 4) is 10.7 Å². The molecule has 0 atom stereocenters. The molecule has 0 bridgehead atoms. The van der Waals surface area contributed by atoms with Gasteiger partial charge in [-0.2, -0.15) is 4.31 Å². The van der Waals surface area contributed by atoms with Gasteiger partial charge >= 0.3 is 0 Å². The summed E-state index contributed by atoms with van der Waals surface area (Å²) in [6.45, 7) is 0.305. The number of carbonyl (C=O) groups is 1. The molecule has 0 saturated carbocycles. The van der Waals surface area contributed by atoms with Crippen molar-refractivity contribution in [2.24, 2.45) is 0 Å². The van der Waals surface area contributed by atoms with E-state index >= 15 is 0 Å². The molecule has 0 aliphatic carbocycles. The maximum Gasteiger partial charge on any atom is 0.257 e. The molecule has 0 aliphatic heterocycles. The van der Waals surface area contributed by atoms with E-state index in [1.807, 2.05) is 29.6 Å². The second kappa shape index (κ2) is 10.5. The van der Waals surface area contributed by atoms with E-state index in [2.05, 4.69) is 15.3 Å². The van der Waals surface area contributed by atoms with Gasteiger partial charge in [-0.25, -0.2) is 18.4 Å². The number of hydrogen-bond acceptors (Lipinski definition) is 7. The molecular formula is C21H18Cl2N4O3S3. The summed E-state index contributed by atoms with van der Waals surface area (Å²) in [6.07, 6.45) is 0. The van der Waals surface area contributed by atoms with Crippen LogP contribution in [0, 0.1) is 0 Å². The number of rotatable bonds is 9. The molecule has 1 amide bonds. The van der Waals surface area contributed by atoms with Crippen LogP contribution in [0.3, 0.4) is 0 Å². The summed E-state index contributed by atoms with van der Waals surface area (Å²) in [5.74, 6) is -0.0742. The fourth-order valence-corrected chi connectivity index (χ4v) is 6.79. The standard InChI is InChI=1S/C21H18Cl2N4O3S3/c22-9-11-27(12-10-23)33(29,30)15-7-5-14(6-8-15)19(28)26-21-25-17(13-31-21)20-24-16-3-1-2-4-18(16)32-20/h1-8,13H,9-12H2,(H,25,26,28). The number of hydrogen-bond donors (Lipinski definition) is 1. The molecule has 7 nitrogen and oxygen atoms in total. The van der Waals surface area contributed by atoms with Crippen LogP contribution in [0.5, 0.6) is 0 Å². The highest BCUT2D eigenvalue weighted by Crippen LogP contribution is 2.32. The van der Waals surface area contributed by atoms with Crippen molar-refractivity contribution in [1.29, 1.82) is 0 Å². The minimum atomic E-state index is -3.75. The molecule has 33 heavy (non-hydrogen) atoms. The van der Waals surface area contributed by atoms with E-state index in [0.29, 0.717) is 16.4 Å². The molecule has 4 aromatic rings. The summed E-state index contributed by atoms with van der Waals surface area (Å²) in [6, 6.07) is 13.6. The number of nitrogens with one attached hydrogen (secondary N) is 1. The number of nitrogens with zero attached hydrogens (tertiary/aromatic N) is 3. The van der Waals surface area contributed by atoms with E-state index in [1.54, 1.807) is 0 Å². The van der Waals surface area contributed by atoms with Crippen molar-refractivity contribution in [3.63, 3.8) is 0 Å². The fraction of sp³-hybridized carbons (Fsp3) is 0.190. The number of benzene rings is 2. The maximum absolute atomic E-state index is 12.8. The number of thiazole rings is 2. The number of carbonyl (C=O) groups excluding carboxylic acids is 1. The van der Waals surface area contributed by atoms with E-state index in [0.717, 1.165) is 15.2 Å². The molecule has 2 heterocycles. The molecule has 0 fully saturated rings. The minimum Gasteiger partial charge on any atom is -0.298 e. The largest absolute Gasteiger partial charge is 0.298 e. The second-order valence-corrected chi connectivity index (χ2v) is 11.4. The van der Waals surface area contributed by atoms with Gasteiger partial charge in [0, 0.05) is 35.8 Å². The monoisotopic (exact) mass is 540 g/mol.